The fourth-order valence-corrected chi connectivity index (χ4v) is 1.53. The van der Waals surface area contributed by atoms with Crippen molar-refractivity contribution < 1.29 is 5.11 Å². The minimum Gasteiger partial charge on any atom is -0.392 e. The molecule has 18 heavy (non-hydrogen) atoms. The monoisotopic (exact) mass is 238 g/mol. The molecule has 0 saturated carbocycles. The highest BCUT2D eigenvalue weighted by molar-refractivity contribution is 5.38. The Morgan fingerprint density at radius 2 is 2.11 bits per heavy atom. The summed E-state index contributed by atoms with van der Waals surface area (Å²) in [6.45, 7) is 0.0246. The van der Waals surface area contributed by atoms with Crippen molar-refractivity contribution in [3.8, 4) is 11.8 Å². The van der Waals surface area contributed by atoms with Crippen molar-refractivity contribution in [3.63, 3.8) is 0 Å². The number of hydrogen-bond donors (Lipinski definition) is 2. The van der Waals surface area contributed by atoms with Crippen LogP contribution in [0.3, 0.4) is 0 Å². The molecule has 0 amide bonds. The van der Waals surface area contributed by atoms with Gasteiger partial charge >= 0.3 is 0 Å². The molecule has 3 nitrogen and oxygen atoms in total. The van der Waals surface area contributed by atoms with Crippen LogP contribution in [0.1, 0.15) is 17.0 Å². The van der Waals surface area contributed by atoms with Crippen LogP contribution in [0.5, 0.6) is 0 Å². The third kappa shape index (κ3) is 3.62. The van der Waals surface area contributed by atoms with Crippen LogP contribution in [-0.4, -0.2) is 21.7 Å². The standard InChI is InChI=1S/C15H14N2O/c18-11-3-1-2-4-13-5-7-14(8-6-13)12-15-16-9-10-17-15/h1,3,5-10,18H,11-12H2,(H,16,17)/b3-1+. The van der Waals surface area contributed by atoms with Crippen LogP contribution in [0, 0.1) is 11.8 Å². The molecule has 0 bridgehead atoms. The first-order valence-corrected chi connectivity index (χ1v) is 5.73. The van der Waals surface area contributed by atoms with Gasteiger partial charge in [-0.25, -0.2) is 4.98 Å². The Morgan fingerprint density at radius 1 is 1.28 bits per heavy atom. The highest BCUT2D eigenvalue weighted by Gasteiger charge is 1.97. The molecule has 90 valence electrons. The van der Waals surface area contributed by atoms with E-state index in [0.717, 1.165) is 17.8 Å². The number of benzene rings is 1. The van der Waals surface area contributed by atoms with Gasteiger partial charge in [-0.1, -0.05) is 30.0 Å². The van der Waals surface area contributed by atoms with E-state index >= 15 is 0 Å². The second kappa shape index (κ2) is 6.43. The Hall–Kier alpha value is -2.31. The normalized spacial score (nSPS) is 10.3. The number of rotatable bonds is 3. The van der Waals surface area contributed by atoms with Crippen LogP contribution >= 0.6 is 0 Å². The van der Waals surface area contributed by atoms with E-state index < -0.39 is 0 Å². The van der Waals surface area contributed by atoms with Gasteiger partial charge in [-0.3, -0.25) is 0 Å². The molecule has 0 radical (unpaired) electrons. The molecule has 0 saturated heterocycles. The van der Waals surface area contributed by atoms with Gasteiger partial charge in [0.1, 0.15) is 5.82 Å². The van der Waals surface area contributed by atoms with Crippen LogP contribution in [0.2, 0.25) is 0 Å². The average Bonchev–Trinajstić information content (AvgIpc) is 2.89. The number of aromatic amines is 1. The molecule has 1 aromatic carbocycles. The lowest BCUT2D eigenvalue weighted by Gasteiger charge is -1.98. The van der Waals surface area contributed by atoms with E-state index in [9.17, 15) is 0 Å². The number of imidazole rings is 1. The highest BCUT2D eigenvalue weighted by Crippen LogP contribution is 2.07. The van der Waals surface area contributed by atoms with Gasteiger partial charge in [0.15, 0.2) is 0 Å². The van der Waals surface area contributed by atoms with Gasteiger partial charge in [0.25, 0.3) is 0 Å². The van der Waals surface area contributed by atoms with Gasteiger partial charge < -0.3 is 10.1 Å². The van der Waals surface area contributed by atoms with Crippen molar-refractivity contribution in [2.75, 3.05) is 6.61 Å². The van der Waals surface area contributed by atoms with E-state index in [0.29, 0.717) is 0 Å². The van der Waals surface area contributed by atoms with E-state index in [-0.39, 0.29) is 6.61 Å². The van der Waals surface area contributed by atoms with Crippen LogP contribution in [0.4, 0.5) is 0 Å². The predicted molar refractivity (Wildman–Crippen MR) is 70.9 cm³/mol. The number of H-pyrrole nitrogens is 1. The van der Waals surface area contributed by atoms with E-state index in [1.54, 1.807) is 18.3 Å². The number of aliphatic hydroxyl groups excluding tert-OH is 1. The lowest BCUT2D eigenvalue weighted by Crippen LogP contribution is -1.90. The largest absolute Gasteiger partial charge is 0.392 e. The maximum atomic E-state index is 8.56. The van der Waals surface area contributed by atoms with Gasteiger partial charge in [0.2, 0.25) is 0 Å². The summed E-state index contributed by atoms with van der Waals surface area (Å²) >= 11 is 0. The number of nitrogens with one attached hydrogen (secondary N) is 1. The van der Waals surface area contributed by atoms with E-state index in [2.05, 4.69) is 21.8 Å². The summed E-state index contributed by atoms with van der Waals surface area (Å²) in [6.07, 6.45) is 7.63. The van der Waals surface area contributed by atoms with Gasteiger partial charge in [-0.15, -0.1) is 0 Å². The lowest BCUT2D eigenvalue weighted by atomic mass is 10.1. The molecule has 0 fully saturated rings. The fourth-order valence-electron chi connectivity index (χ4n) is 1.53. The van der Waals surface area contributed by atoms with Crippen LogP contribution < -0.4 is 0 Å². The first kappa shape index (κ1) is 12.2. The number of nitrogens with zero attached hydrogens (tertiary/aromatic N) is 1. The van der Waals surface area contributed by atoms with Crippen molar-refractivity contribution >= 4 is 0 Å². The van der Waals surface area contributed by atoms with Crippen molar-refractivity contribution in [3.05, 3.63) is 65.8 Å². The number of aliphatic hydroxyl groups is 1. The van der Waals surface area contributed by atoms with Crippen molar-refractivity contribution in [1.29, 1.82) is 0 Å². The minimum absolute atomic E-state index is 0.0246. The first-order valence-electron chi connectivity index (χ1n) is 5.73. The zero-order valence-corrected chi connectivity index (χ0v) is 9.93. The Balaban J connectivity index is 2.00. The van der Waals surface area contributed by atoms with Gasteiger partial charge in [-0.2, -0.15) is 0 Å². The van der Waals surface area contributed by atoms with Crippen molar-refractivity contribution in [1.82, 2.24) is 9.97 Å². The summed E-state index contributed by atoms with van der Waals surface area (Å²) in [5.74, 6) is 6.81. The zero-order chi connectivity index (χ0) is 12.6. The Kier molecular flexibility index (Phi) is 4.34. The summed E-state index contributed by atoms with van der Waals surface area (Å²) in [5.41, 5.74) is 2.15. The van der Waals surface area contributed by atoms with Crippen LogP contribution in [0.25, 0.3) is 0 Å². The topological polar surface area (TPSA) is 48.9 Å². The summed E-state index contributed by atoms with van der Waals surface area (Å²) in [4.78, 5) is 7.26. The number of allylic oxidation sites excluding steroid dienone is 1. The van der Waals surface area contributed by atoms with Crippen molar-refractivity contribution in [2.45, 2.75) is 6.42 Å². The van der Waals surface area contributed by atoms with Crippen LogP contribution in [-0.2, 0) is 6.42 Å². The molecular weight excluding hydrogens is 224 g/mol. The summed E-state index contributed by atoms with van der Waals surface area (Å²) in [6, 6.07) is 8.06. The summed E-state index contributed by atoms with van der Waals surface area (Å²) in [5, 5.41) is 8.56. The van der Waals surface area contributed by atoms with E-state index in [4.69, 9.17) is 5.11 Å². The van der Waals surface area contributed by atoms with Gasteiger partial charge in [0, 0.05) is 24.4 Å². The van der Waals surface area contributed by atoms with Gasteiger partial charge in [0.05, 0.1) is 6.61 Å². The Morgan fingerprint density at radius 3 is 2.78 bits per heavy atom. The third-order valence-corrected chi connectivity index (χ3v) is 2.40. The Labute approximate surface area is 106 Å². The molecule has 1 heterocycles. The van der Waals surface area contributed by atoms with Crippen LogP contribution in [0.15, 0.2) is 48.8 Å². The summed E-state index contributed by atoms with van der Waals surface area (Å²) < 4.78 is 0. The molecule has 0 unspecified atom stereocenters. The average molecular weight is 238 g/mol. The molecule has 2 aromatic rings. The molecule has 0 atom stereocenters. The molecule has 3 heteroatoms. The molecule has 1 aromatic heterocycles. The lowest BCUT2D eigenvalue weighted by molar-refractivity contribution is 0.343. The third-order valence-electron chi connectivity index (χ3n) is 2.40. The SMILES string of the molecule is OC/C=C/C#Cc1ccc(Cc2ncc[nH]2)cc1. The molecule has 0 spiro atoms. The number of hydrogen-bond acceptors (Lipinski definition) is 2. The highest BCUT2D eigenvalue weighted by atomic mass is 16.2. The first-order chi connectivity index (χ1) is 8.88. The predicted octanol–water partition coefficient (Wildman–Crippen LogP) is 1.90. The second-order valence-corrected chi connectivity index (χ2v) is 3.76. The second-order valence-electron chi connectivity index (χ2n) is 3.76. The molecular formula is C15H14N2O. The minimum atomic E-state index is 0.0246. The Bertz CT molecular complexity index is 557. The quantitative estimate of drug-likeness (QED) is 0.802. The van der Waals surface area contributed by atoms with Gasteiger partial charge in [-0.05, 0) is 23.8 Å². The molecule has 0 aliphatic carbocycles. The number of aromatic nitrogens is 2. The maximum Gasteiger partial charge on any atom is 0.110 e. The molecule has 2 rings (SSSR count). The van der Waals surface area contributed by atoms with Crippen molar-refractivity contribution in [2.24, 2.45) is 0 Å². The summed E-state index contributed by atoms with van der Waals surface area (Å²) in [7, 11) is 0. The smallest absolute Gasteiger partial charge is 0.110 e. The van der Waals surface area contributed by atoms with E-state index in [1.165, 1.54) is 5.56 Å². The molecule has 2 N–H and O–H groups in total. The molecule has 0 aliphatic heterocycles. The maximum absolute atomic E-state index is 8.56. The molecule has 0 aliphatic rings. The fraction of sp³-hybridized carbons (Fsp3) is 0.133. The zero-order valence-electron chi connectivity index (χ0n) is 9.93. The van der Waals surface area contributed by atoms with E-state index in [1.807, 2.05) is 30.5 Å².